The zero-order valence-corrected chi connectivity index (χ0v) is 18.7. The highest BCUT2D eigenvalue weighted by molar-refractivity contribution is 7.15. The summed E-state index contributed by atoms with van der Waals surface area (Å²) in [6.45, 7) is 2.38. The van der Waals surface area contributed by atoms with Crippen molar-refractivity contribution in [2.24, 2.45) is 0 Å². The van der Waals surface area contributed by atoms with Crippen molar-refractivity contribution in [1.82, 2.24) is 9.88 Å². The molecular formula is C22H35N3O3S. The van der Waals surface area contributed by atoms with Crippen LogP contribution in [0.15, 0.2) is 6.20 Å². The molecule has 29 heavy (non-hydrogen) atoms. The molecule has 2 fully saturated rings. The topological polar surface area (TPSA) is 62.7 Å². The van der Waals surface area contributed by atoms with Gasteiger partial charge in [-0.3, -0.25) is 9.59 Å². The normalized spacial score (nSPS) is 18.4. The van der Waals surface area contributed by atoms with Crippen LogP contribution in [0.3, 0.4) is 0 Å². The first-order chi connectivity index (χ1) is 14.1. The van der Waals surface area contributed by atoms with Crippen LogP contribution in [-0.4, -0.2) is 54.0 Å². The van der Waals surface area contributed by atoms with Crippen LogP contribution < -0.4 is 4.90 Å². The molecule has 0 spiro atoms. The first kappa shape index (κ1) is 22.1. The van der Waals surface area contributed by atoms with Gasteiger partial charge in [0.15, 0.2) is 0 Å². The second-order valence-corrected chi connectivity index (χ2v) is 9.41. The molecule has 2 aliphatic carbocycles. The number of aromatic nitrogens is 1. The Balaban J connectivity index is 1.64. The van der Waals surface area contributed by atoms with Gasteiger partial charge in [-0.2, -0.15) is 0 Å². The van der Waals surface area contributed by atoms with Gasteiger partial charge in [0.1, 0.15) is 16.6 Å². The molecule has 2 aliphatic rings. The number of hydrogen-bond acceptors (Lipinski definition) is 6. The summed E-state index contributed by atoms with van der Waals surface area (Å²) in [7, 11) is 1.85. The Morgan fingerprint density at radius 1 is 1.07 bits per heavy atom. The summed E-state index contributed by atoms with van der Waals surface area (Å²) in [5.74, 6) is -0.0143. The number of likely N-dealkylation sites (N-methyl/N-ethyl adjacent to an activating group) is 1. The molecule has 1 heterocycles. The molecule has 0 bridgehead atoms. The van der Waals surface area contributed by atoms with E-state index in [1.165, 1.54) is 49.9 Å². The summed E-state index contributed by atoms with van der Waals surface area (Å²) in [5.41, 5.74) is 0. The van der Waals surface area contributed by atoms with Crippen molar-refractivity contribution in [1.29, 1.82) is 0 Å². The highest BCUT2D eigenvalue weighted by Crippen LogP contribution is 2.31. The van der Waals surface area contributed by atoms with Gasteiger partial charge in [0, 0.05) is 19.1 Å². The second-order valence-electron chi connectivity index (χ2n) is 8.31. The standard InChI is InChI=1S/C22H35N3O3S/c1-3-28-22(27)16-24(2)21-15-23-19(29-21)14-20(26)25(17-10-6-4-7-11-17)18-12-8-5-9-13-18/h15,17-18H,3-14,16H2,1-2H3. The van der Waals surface area contributed by atoms with Crippen molar-refractivity contribution in [3.8, 4) is 0 Å². The number of anilines is 1. The molecule has 0 aromatic carbocycles. The van der Waals surface area contributed by atoms with Crippen molar-refractivity contribution >= 4 is 28.2 Å². The van der Waals surface area contributed by atoms with E-state index in [1.807, 2.05) is 11.9 Å². The van der Waals surface area contributed by atoms with E-state index in [0.717, 1.165) is 35.7 Å². The molecule has 162 valence electrons. The van der Waals surface area contributed by atoms with Crippen molar-refractivity contribution in [3.05, 3.63) is 11.2 Å². The summed E-state index contributed by atoms with van der Waals surface area (Å²) < 4.78 is 5.01. The number of amides is 1. The minimum absolute atomic E-state index is 0.194. The fourth-order valence-electron chi connectivity index (χ4n) is 4.68. The minimum Gasteiger partial charge on any atom is -0.465 e. The van der Waals surface area contributed by atoms with E-state index >= 15 is 0 Å². The van der Waals surface area contributed by atoms with Crippen LogP contribution in [0, 0.1) is 0 Å². The van der Waals surface area contributed by atoms with Crippen LogP contribution in [0.2, 0.25) is 0 Å². The number of hydrogen-bond donors (Lipinski definition) is 0. The Hall–Kier alpha value is -1.63. The van der Waals surface area contributed by atoms with E-state index in [0.29, 0.717) is 25.1 Å². The monoisotopic (exact) mass is 421 g/mol. The highest BCUT2D eigenvalue weighted by Gasteiger charge is 2.32. The molecule has 0 saturated heterocycles. The van der Waals surface area contributed by atoms with E-state index in [-0.39, 0.29) is 18.4 Å². The van der Waals surface area contributed by atoms with Gasteiger partial charge in [0.2, 0.25) is 5.91 Å². The van der Waals surface area contributed by atoms with E-state index in [2.05, 4.69) is 9.88 Å². The van der Waals surface area contributed by atoms with Gasteiger partial charge >= 0.3 is 5.97 Å². The van der Waals surface area contributed by atoms with E-state index in [9.17, 15) is 9.59 Å². The number of ether oxygens (including phenoxy) is 1. The van der Waals surface area contributed by atoms with Crippen molar-refractivity contribution in [3.63, 3.8) is 0 Å². The molecule has 1 amide bonds. The van der Waals surface area contributed by atoms with E-state index in [1.54, 1.807) is 13.1 Å². The Morgan fingerprint density at radius 3 is 2.21 bits per heavy atom. The van der Waals surface area contributed by atoms with Gasteiger partial charge in [-0.15, -0.1) is 11.3 Å². The SMILES string of the molecule is CCOC(=O)CN(C)c1cnc(CC(=O)N(C2CCCCC2)C2CCCCC2)s1. The third kappa shape index (κ3) is 6.17. The van der Waals surface area contributed by atoms with Crippen molar-refractivity contribution in [2.75, 3.05) is 25.1 Å². The van der Waals surface area contributed by atoms with E-state index < -0.39 is 0 Å². The summed E-state index contributed by atoms with van der Waals surface area (Å²) >= 11 is 1.50. The van der Waals surface area contributed by atoms with Crippen LogP contribution in [0.25, 0.3) is 0 Å². The second kappa shape index (κ2) is 11.0. The van der Waals surface area contributed by atoms with Crippen molar-refractivity contribution < 1.29 is 14.3 Å². The van der Waals surface area contributed by atoms with Crippen LogP contribution in [0.5, 0.6) is 0 Å². The lowest BCUT2D eigenvalue weighted by atomic mass is 9.88. The maximum atomic E-state index is 13.4. The largest absolute Gasteiger partial charge is 0.465 e. The average molecular weight is 422 g/mol. The number of rotatable bonds is 8. The predicted molar refractivity (Wildman–Crippen MR) is 116 cm³/mol. The number of esters is 1. The molecule has 0 aliphatic heterocycles. The van der Waals surface area contributed by atoms with Crippen molar-refractivity contribution in [2.45, 2.75) is 89.6 Å². The van der Waals surface area contributed by atoms with Gasteiger partial charge in [-0.25, -0.2) is 4.98 Å². The molecular weight excluding hydrogens is 386 g/mol. The Bertz CT molecular complexity index is 648. The molecule has 7 heteroatoms. The van der Waals surface area contributed by atoms with Gasteiger partial charge < -0.3 is 14.5 Å². The zero-order chi connectivity index (χ0) is 20.6. The molecule has 0 radical (unpaired) electrons. The maximum Gasteiger partial charge on any atom is 0.325 e. The minimum atomic E-state index is -0.248. The first-order valence-electron chi connectivity index (χ1n) is 11.2. The van der Waals surface area contributed by atoms with Crippen LogP contribution in [0.1, 0.15) is 76.1 Å². The van der Waals surface area contributed by atoms with Gasteiger partial charge in [0.25, 0.3) is 0 Å². The zero-order valence-electron chi connectivity index (χ0n) is 17.9. The summed E-state index contributed by atoms with van der Waals surface area (Å²) in [6.07, 6.45) is 14.3. The number of nitrogens with zero attached hydrogens (tertiary/aromatic N) is 3. The molecule has 1 aromatic heterocycles. The Morgan fingerprint density at radius 2 is 1.66 bits per heavy atom. The number of thiazole rings is 1. The highest BCUT2D eigenvalue weighted by atomic mass is 32.1. The third-order valence-electron chi connectivity index (χ3n) is 6.12. The fraction of sp³-hybridized carbons (Fsp3) is 0.773. The third-order valence-corrected chi connectivity index (χ3v) is 7.23. The first-order valence-corrected chi connectivity index (χ1v) is 12.0. The van der Waals surface area contributed by atoms with Crippen LogP contribution in [-0.2, 0) is 20.7 Å². The predicted octanol–water partition coefficient (Wildman–Crippen LogP) is 4.18. The smallest absolute Gasteiger partial charge is 0.325 e. The maximum absolute atomic E-state index is 13.4. The molecule has 2 saturated carbocycles. The van der Waals surface area contributed by atoms with Gasteiger partial charge in [-0.05, 0) is 32.6 Å². The lowest BCUT2D eigenvalue weighted by Crippen LogP contribution is -2.49. The van der Waals surface area contributed by atoms with Crippen LogP contribution in [0.4, 0.5) is 5.00 Å². The van der Waals surface area contributed by atoms with Gasteiger partial charge in [-0.1, -0.05) is 38.5 Å². The summed E-state index contributed by atoms with van der Waals surface area (Å²) in [6, 6.07) is 0.815. The van der Waals surface area contributed by atoms with E-state index in [4.69, 9.17) is 4.74 Å². The molecule has 0 N–H and O–H groups in total. The van der Waals surface area contributed by atoms with Crippen LogP contribution >= 0.6 is 11.3 Å². The summed E-state index contributed by atoms with van der Waals surface area (Å²) in [4.78, 5) is 33.6. The molecule has 3 rings (SSSR count). The average Bonchev–Trinajstić information content (AvgIpc) is 3.18. The number of carbonyl (C=O) groups is 2. The lowest BCUT2D eigenvalue weighted by Gasteiger charge is -2.41. The van der Waals surface area contributed by atoms with Gasteiger partial charge in [0.05, 0.1) is 19.2 Å². The summed E-state index contributed by atoms with van der Waals surface area (Å²) in [5, 5.41) is 1.72. The molecule has 6 nitrogen and oxygen atoms in total. The Kier molecular flexibility index (Phi) is 8.33. The molecule has 1 aromatic rings. The molecule has 0 atom stereocenters. The lowest BCUT2D eigenvalue weighted by molar-refractivity contribution is -0.141. The fourth-order valence-corrected chi connectivity index (χ4v) is 5.55. The quantitative estimate of drug-likeness (QED) is 0.589. The Labute approximate surface area is 178 Å². The molecule has 0 unspecified atom stereocenters. The number of carbonyl (C=O) groups excluding carboxylic acids is 2.